The van der Waals surface area contributed by atoms with Gasteiger partial charge >= 0.3 is 6.08 Å². The lowest BCUT2D eigenvalue weighted by molar-refractivity contribution is 0.0990. The van der Waals surface area contributed by atoms with Crippen LogP contribution in [0.5, 0.6) is 6.08 Å². The first-order valence-corrected chi connectivity index (χ1v) is 7.14. The van der Waals surface area contributed by atoms with E-state index in [1.807, 2.05) is 0 Å². The number of ether oxygens (including phenoxy) is 1. The largest absolute Gasteiger partial charge is 0.447 e. The minimum Gasteiger partial charge on any atom is -0.447 e. The third-order valence-corrected chi connectivity index (χ3v) is 3.91. The molecule has 4 heteroatoms. The topological polar surface area (TPSA) is 47.3 Å². The van der Waals surface area contributed by atoms with Crippen molar-refractivity contribution in [3.63, 3.8) is 0 Å². The van der Waals surface area contributed by atoms with Crippen molar-refractivity contribution in [2.75, 3.05) is 0 Å². The SMILES string of the molecule is CC1CCC(Oc2nc(CNC3CC3)co2)CC1. The summed E-state index contributed by atoms with van der Waals surface area (Å²) in [5, 5.41) is 3.42. The van der Waals surface area contributed by atoms with E-state index < -0.39 is 0 Å². The average molecular weight is 250 g/mol. The van der Waals surface area contributed by atoms with Crippen molar-refractivity contribution in [2.24, 2.45) is 5.92 Å². The van der Waals surface area contributed by atoms with E-state index in [9.17, 15) is 0 Å². The summed E-state index contributed by atoms with van der Waals surface area (Å²) in [4.78, 5) is 4.37. The maximum Gasteiger partial charge on any atom is 0.394 e. The van der Waals surface area contributed by atoms with E-state index in [4.69, 9.17) is 9.15 Å². The van der Waals surface area contributed by atoms with Crippen LogP contribution < -0.4 is 10.1 Å². The van der Waals surface area contributed by atoms with Crippen LogP contribution in [-0.4, -0.2) is 17.1 Å². The van der Waals surface area contributed by atoms with Crippen LogP contribution in [0.2, 0.25) is 0 Å². The first kappa shape index (κ1) is 12.0. The second kappa shape index (κ2) is 5.31. The molecule has 0 unspecified atom stereocenters. The molecule has 2 aliphatic carbocycles. The highest BCUT2D eigenvalue weighted by Gasteiger charge is 2.22. The lowest BCUT2D eigenvalue weighted by Crippen LogP contribution is -2.23. The fraction of sp³-hybridized carbons (Fsp3) is 0.786. The first-order chi connectivity index (χ1) is 8.79. The molecule has 0 atom stereocenters. The van der Waals surface area contributed by atoms with Crippen LogP contribution in [0.1, 0.15) is 51.1 Å². The lowest BCUT2D eigenvalue weighted by atomic mass is 9.89. The summed E-state index contributed by atoms with van der Waals surface area (Å²) >= 11 is 0. The molecular weight excluding hydrogens is 228 g/mol. The number of hydrogen-bond donors (Lipinski definition) is 1. The maximum atomic E-state index is 5.80. The van der Waals surface area contributed by atoms with Gasteiger partial charge in [-0.05, 0) is 44.4 Å². The smallest absolute Gasteiger partial charge is 0.394 e. The molecule has 1 heterocycles. The van der Waals surface area contributed by atoms with E-state index in [0.29, 0.717) is 18.2 Å². The Morgan fingerprint density at radius 2 is 2.06 bits per heavy atom. The second-order valence-electron chi connectivity index (χ2n) is 5.76. The average Bonchev–Trinajstić information content (AvgIpc) is 3.10. The van der Waals surface area contributed by atoms with Crippen molar-refractivity contribution < 1.29 is 9.15 Å². The van der Waals surface area contributed by atoms with Crippen molar-refractivity contribution in [1.82, 2.24) is 10.3 Å². The molecular formula is C14H22N2O2. The van der Waals surface area contributed by atoms with Crippen LogP contribution in [-0.2, 0) is 6.54 Å². The number of oxazole rings is 1. The molecule has 4 nitrogen and oxygen atoms in total. The normalized spacial score (nSPS) is 28.3. The first-order valence-electron chi connectivity index (χ1n) is 7.14. The number of rotatable bonds is 5. The molecule has 0 bridgehead atoms. The van der Waals surface area contributed by atoms with E-state index >= 15 is 0 Å². The molecule has 3 rings (SSSR count). The summed E-state index contributed by atoms with van der Waals surface area (Å²) in [6.45, 7) is 3.10. The highest BCUT2D eigenvalue weighted by Crippen LogP contribution is 2.27. The summed E-state index contributed by atoms with van der Waals surface area (Å²) < 4.78 is 11.2. The molecule has 1 aromatic rings. The lowest BCUT2D eigenvalue weighted by Gasteiger charge is -2.25. The zero-order chi connectivity index (χ0) is 12.4. The molecule has 0 amide bonds. The number of nitrogens with zero attached hydrogens (tertiary/aromatic N) is 1. The molecule has 1 aromatic heterocycles. The molecule has 100 valence electrons. The van der Waals surface area contributed by atoms with Gasteiger partial charge in [0, 0.05) is 12.6 Å². The Morgan fingerprint density at radius 3 is 2.78 bits per heavy atom. The fourth-order valence-corrected chi connectivity index (χ4v) is 2.45. The van der Waals surface area contributed by atoms with E-state index in [2.05, 4.69) is 17.2 Å². The van der Waals surface area contributed by atoms with Gasteiger partial charge < -0.3 is 14.5 Å². The standard InChI is InChI=1S/C14H22N2O2/c1-10-2-6-13(7-3-10)18-14-16-12(9-17-14)8-15-11-4-5-11/h9-11,13,15H,2-8H2,1H3. The fourth-order valence-electron chi connectivity index (χ4n) is 2.45. The van der Waals surface area contributed by atoms with Gasteiger partial charge in [0.1, 0.15) is 12.4 Å². The summed E-state index contributed by atoms with van der Waals surface area (Å²) in [6.07, 6.45) is 9.78. The third kappa shape index (κ3) is 3.25. The van der Waals surface area contributed by atoms with E-state index in [1.54, 1.807) is 6.26 Å². The van der Waals surface area contributed by atoms with Crippen molar-refractivity contribution in [1.29, 1.82) is 0 Å². The maximum absolute atomic E-state index is 5.80. The van der Waals surface area contributed by atoms with E-state index in [1.165, 1.54) is 25.7 Å². The summed E-state index contributed by atoms with van der Waals surface area (Å²) in [5.74, 6) is 0.840. The number of nitrogens with one attached hydrogen (secondary N) is 1. The summed E-state index contributed by atoms with van der Waals surface area (Å²) in [7, 11) is 0. The zero-order valence-electron chi connectivity index (χ0n) is 11.0. The Bertz CT molecular complexity index is 379. The Hall–Kier alpha value is -1.03. The molecule has 0 aromatic carbocycles. The van der Waals surface area contributed by atoms with Gasteiger partial charge in [-0.1, -0.05) is 6.92 Å². The Kier molecular flexibility index (Phi) is 3.55. The van der Waals surface area contributed by atoms with Gasteiger partial charge in [-0.2, -0.15) is 4.98 Å². The molecule has 0 aliphatic heterocycles. The molecule has 2 aliphatic rings. The van der Waals surface area contributed by atoms with Crippen molar-refractivity contribution in [3.05, 3.63) is 12.0 Å². The highest BCUT2D eigenvalue weighted by atomic mass is 16.6. The zero-order valence-corrected chi connectivity index (χ0v) is 11.0. The molecule has 18 heavy (non-hydrogen) atoms. The Labute approximate surface area is 108 Å². The van der Waals surface area contributed by atoms with Crippen LogP contribution in [0.3, 0.4) is 0 Å². The van der Waals surface area contributed by atoms with Gasteiger partial charge in [0.15, 0.2) is 0 Å². The van der Waals surface area contributed by atoms with Crippen molar-refractivity contribution in [2.45, 2.75) is 64.1 Å². The molecule has 1 N–H and O–H groups in total. The molecule has 2 saturated carbocycles. The monoisotopic (exact) mass is 250 g/mol. The highest BCUT2D eigenvalue weighted by molar-refractivity contribution is 5.01. The van der Waals surface area contributed by atoms with Gasteiger partial charge in [-0.25, -0.2) is 0 Å². The van der Waals surface area contributed by atoms with Crippen LogP contribution >= 0.6 is 0 Å². The van der Waals surface area contributed by atoms with Crippen molar-refractivity contribution in [3.8, 4) is 6.08 Å². The Morgan fingerprint density at radius 1 is 1.28 bits per heavy atom. The molecule has 0 spiro atoms. The molecule has 2 fully saturated rings. The third-order valence-electron chi connectivity index (χ3n) is 3.91. The second-order valence-corrected chi connectivity index (χ2v) is 5.76. The minimum atomic E-state index is 0.295. The van der Waals surface area contributed by atoms with Gasteiger partial charge in [0.2, 0.25) is 0 Å². The van der Waals surface area contributed by atoms with Crippen LogP contribution in [0.15, 0.2) is 10.7 Å². The predicted octanol–water partition coefficient (Wildman–Crippen LogP) is 2.88. The van der Waals surface area contributed by atoms with Crippen LogP contribution in [0.4, 0.5) is 0 Å². The van der Waals surface area contributed by atoms with Crippen LogP contribution in [0, 0.1) is 5.92 Å². The summed E-state index contributed by atoms with van der Waals surface area (Å²) in [6, 6.07) is 0.700. The van der Waals surface area contributed by atoms with Crippen molar-refractivity contribution >= 4 is 0 Å². The van der Waals surface area contributed by atoms with Gasteiger partial charge in [-0.15, -0.1) is 0 Å². The predicted molar refractivity (Wildman–Crippen MR) is 68.4 cm³/mol. The summed E-state index contributed by atoms with van der Waals surface area (Å²) in [5.41, 5.74) is 0.945. The number of hydrogen-bond acceptors (Lipinski definition) is 4. The van der Waals surface area contributed by atoms with E-state index in [0.717, 1.165) is 31.0 Å². The quantitative estimate of drug-likeness (QED) is 0.873. The molecule has 0 saturated heterocycles. The minimum absolute atomic E-state index is 0.295. The van der Waals surface area contributed by atoms with Gasteiger partial charge in [-0.3, -0.25) is 0 Å². The number of aromatic nitrogens is 1. The van der Waals surface area contributed by atoms with Crippen LogP contribution in [0.25, 0.3) is 0 Å². The van der Waals surface area contributed by atoms with Gasteiger partial charge in [0.05, 0.1) is 5.69 Å². The Balaban J connectivity index is 1.46. The molecule has 0 radical (unpaired) electrons. The van der Waals surface area contributed by atoms with E-state index in [-0.39, 0.29) is 0 Å². The van der Waals surface area contributed by atoms with Gasteiger partial charge in [0.25, 0.3) is 0 Å².